The number of nitrogens with zero attached hydrogens (tertiary/aromatic N) is 3. The van der Waals surface area contributed by atoms with Crippen molar-refractivity contribution in [3.05, 3.63) is 52.5 Å². The number of carbonyl (C=O) groups excluding carboxylic acids is 1. The Bertz CT molecular complexity index is 1110. The van der Waals surface area contributed by atoms with Gasteiger partial charge in [-0.3, -0.25) is 9.78 Å². The molecule has 2 heterocycles. The molecule has 0 aliphatic carbocycles. The third kappa shape index (κ3) is 2.86. The molecule has 136 valence electrons. The molecule has 0 bridgehead atoms. The zero-order valence-corrected chi connectivity index (χ0v) is 16.0. The lowest BCUT2D eigenvalue weighted by atomic mass is 10.1. The van der Waals surface area contributed by atoms with Crippen LogP contribution in [0.15, 0.2) is 33.7 Å². The minimum Gasteiger partial charge on any atom is -0.360 e. The summed E-state index contributed by atoms with van der Waals surface area (Å²) in [5.41, 5.74) is 2.69. The van der Waals surface area contributed by atoms with Gasteiger partial charge in [0.25, 0.3) is 15.9 Å². The van der Waals surface area contributed by atoms with Gasteiger partial charge in [0.15, 0.2) is 10.7 Å². The molecule has 0 unspecified atom stereocenters. The Morgan fingerprint density at radius 1 is 1.08 bits per heavy atom. The molecule has 0 radical (unpaired) electrons. The van der Waals surface area contributed by atoms with Crippen molar-refractivity contribution < 1.29 is 17.7 Å². The first kappa shape index (κ1) is 18.1. The van der Waals surface area contributed by atoms with Crippen LogP contribution in [0.4, 0.5) is 0 Å². The van der Waals surface area contributed by atoms with Crippen molar-refractivity contribution in [2.75, 3.05) is 7.05 Å². The van der Waals surface area contributed by atoms with E-state index in [2.05, 4.69) is 10.1 Å². The largest absolute Gasteiger partial charge is 0.360 e. The van der Waals surface area contributed by atoms with Gasteiger partial charge in [0.2, 0.25) is 0 Å². The van der Waals surface area contributed by atoms with Crippen molar-refractivity contribution in [1.29, 1.82) is 0 Å². The van der Waals surface area contributed by atoms with Crippen molar-refractivity contribution >= 4 is 26.8 Å². The summed E-state index contributed by atoms with van der Waals surface area (Å²) in [5, 5.41) is 4.44. The molecule has 0 N–H and O–H groups in total. The highest BCUT2D eigenvalue weighted by Crippen LogP contribution is 2.25. The van der Waals surface area contributed by atoms with E-state index in [0.29, 0.717) is 10.00 Å². The maximum absolute atomic E-state index is 12.9. The van der Waals surface area contributed by atoms with Gasteiger partial charge in [0.1, 0.15) is 5.69 Å². The first-order valence-electron chi connectivity index (χ1n) is 7.97. The van der Waals surface area contributed by atoms with E-state index in [9.17, 15) is 13.2 Å². The van der Waals surface area contributed by atoms with Gasteiger partial charge in [0.05, 0.1) is 16.8 Å². The van der Waals surface area contributed by atoms with Crippen LogP contribution in [0.5, 0.6) is 0 Å². The van der Waals surface area contributed by atoms with Crippen LogP contribution >= 0.6 is 0 Å². The molecule has 2 aromatic heterocycles. The Balaban J connectivity index is 2.09. The molecular formula is C18H19N3O4S. The Morgan fingerprint density at radius 3 is 2.38 bits per heavy atom. The van der Waals surface area contributed by atoms with Crippen molar-refractivity contribution in [3.8, 4) is 0 Å². The SMILES string of the molecule is Cc1ccc2nc(C)c(C(=O)N(C)S(=O)(=O)c3c(C)noc3C)cc2c1. The zero-order valence-electron chi connectivity index (χ0n) is 15.2. The average Bonchev–Trinajstić information content (AvgIpc) is 2.92. The Labute approximate surface area is 151 Å². The first-order chi connectivity index (χ1) is 12.1. The number of hydrogen-bond acceptors (Lipinski definition) is 6. The third-order valence-corrected chi connectivity index (χ3v) is 6.25. The van der Waals surface area contributed by atoms with E-state index in [1.54, 1.807) is 13.0 Å². The first-order valence-corrected chi connectivity index (χ1v) is 9.41. The number of benzene rings is 1. The van der Waals surface area contributed by atoms with Crippen LogP contribution in [0.1, 0.15) is 33.1 Å². The smallest absolute Gasteiger partial charge is 0.271 e. The molecule has 0 aliphatic heterocycles. The van der Waals surface area contributed by atoms with Crippen molar-refractivity contribution in [1.82, 2.24) is 14.4 Å². The van der Waals surface area contributed by atoms with E-state index >= 15 is 0 Å². The Hall–Kier alpha value is -2.74. The predicted octanol–water partition coefficient (Wildman–Crippen LogP) is 2.92. The lowest BCUT2D eigenvalue weighted by Crippen LogP contribution is -2.34. The molecule has 0 aliphatic rings. The van der Waals surface area contributed by atoms with Crippen LogP contribution < -0.4 is 0 Å². The fourth-order valence-electron chi connectivity index (χ4n) is 2.87. The highest BCUT2D eigenvalue weighted by atomic mass is 32.2. The highest BCUT2D eigenvalue weighted by Gasteiger charge is 2.33. The quantitative estimate of drug-likeness (QED) is 0.701. The van der Waals surface area contributed by atoms with Gasteiger partial charge in [-0.1, -0.05) is 16.8 Å². The van der Waals surface area contributed by atoms with Crippen LogP contribution in [0.3, 0.4) is 0 Å². The van der Waals surface area contributed by atoms with E-state index in [0.717, 1.165) is 16.5 Å². The highest BCUT2D eigenvalue weighted by molar-refractivity contribution is 7.89. The number of pyridine rings is 1. The molecule has 0 atom stereocenters. The molecule has 26 heavy (non-hydrogen) atoms. The third-order valence-electron chi connectivity index (χ3n) is 4.26. The summed E-state index contributed by atoms with van der Waals surface area (Å²) in [4.78, 5) is 17.3. The maximum Gasteiger partial charge on any atom is 0.271 e. The molecule has 1 aromatic carbocycles. The fourth-order valence-corrected chi connectivity index (χ4v) is 4.27. The van der Waals surface area contributed by atoms with E-state index in [4.69, 9.17) is 4.52 Å². The van der Waals surface area contributed by atoms with Crippen LogP contribution in [0.2, 0.25) is 0 Å². The average molecular weight is 373 g/mol. The van der Waals surface area contributed by atoms with Gasteiger partial charge in [0, 0.05) is 12.4 Å². The fraction of sp³-hybridized carbons (Fsp3) is 0.278. The molecule has 0 spiro atoms. The second kappa shape index (κ2) is 6.21. The number of fused-ring (bicyclic) bond motifs is 1. The second-order valence-corrected chi connectivity index (χ2v) is 8.15. The monoisotopic (exact) mass is 373 g/mol. The predicted molar refractivity (Wildman–Crippen MR) is 96.5 cm³/mol. The Kier molecular flexibility index (Phi) is 4.31. The molecule has 0 fully saturated rings. The van der Waals surface area contributed by atoms with Crippen molar-refractivity contribution in [3.63, 3.8) is 0 Å². The van der Waals surface area contributed by atoms with E-state index in [-0.39, 0.29) is 21.9 Å². The summed E-state index contributed by atoms with van der Waals surface area (Å²) >= 11 is 0. The minimum absolute atomic E-state index is 0.0874. The lowest BCUT2D eigenvalue weighted by Gasteiger charge is -2.18. The second-order valence-electron chi connectivity index (χ2n) is 6.25. The van der Waals surface area contributed by atoms with E-state index in [1.165, 1.54) is 20.9 Å². The van der Waals surface area contributed by atoms with Gasteiger partial charge in [-0.25, -0.2) is 12.7 Å². The molecule has 8 heteroatoms. The van der Waals surface area contributed by atoms with Crippen molar-refractivity contribution in [2.45, 2.75) is 32.6 Å². The van der Waals surface area contributed by atoms with Gasteiger partial charge < -0.3 is 4.52 Å². The van der Waals surface area contributed by atoms with Crippen molar-refractivity contribution in [2.24, 2.45) is 0 Å². The number of hydrogen-bond donors (Lipinski definition) is 0. The van der Waals surface area contributed by atoms with Gasteiger partial charge in [-0.15, -0.1) is 0 Å². The maximum atomic E-state index is 12.9. The van der Waals surface area contributed by atoms with Crippen LogP contribution in [0.25, 0.3) is 10.9 Å². The normalized spacial score (nSPS) is 11.7. The zero-order chi connectivity index (χ0) is 19.2. The minimum atomic E-state index is -4.08. The molecule has 1 amide bonds. The Morgan fingerprint density at radius 2 is 1.77 bits per heavy atom. The molecule has 3 aromatic rings. The number of aromatic nitrogens is 2. The number of rotatable bonds is 3. The van der Waals surface area contributed by atoms with E-state index < -0.39 is 15.9 Å². The summed E-state index contributed by atoms with van der Waals surface area (Å²) < 4.78 is 31.4. The molecular weight excluding hydrogens is 354 g/mol. The van der Waals surface area contributed by atoms with Crippen LogP contribution in [-0.4, -0.2) is 35.8 Å². The summed E-state index contributed by atoms with van der Waals surface area (Å²) in [6.07, 6.45) is 0. The van der Waals surface area contributed by atoms with E-state index in [1.807, 2.05) is 25.1 Å². The number of aryl methyl sites for hydroxylation is 4. The summed E-state index contributed by atoms with van der Waals surface area (Å²) in [5.74, 6) is -0.510. The van der Waals surface area contributed by atoms with Crippen LogP contribution in [0, 0.1) is 27.7 Å². The number of sulfonamides is 1. The molecule has 3 rings (SSSR count). The lowest BCUT2D eigenvalue weighted by molar-refractivity contribution is 0.0882. The number of carbonyl (C=O) groups is 1. The summed E-state index contributed by atoms with van der Waals surface area (Å²) in [6, 6.07) is 7.38. The standard InChI is InChI=1S/C18H19N3O4S/c1-10-6-7-16-14(8-10)9-15(11(2)19-16)18(22)21(5)26(23,24)17-12(3)20-25-13(17)4/h6-9H,1-5H3. The summed E-state index contributed by atoms with van der Waals surface area (Å²) in [7, 11) is -2.86. The molecule has 0 saturated heterocycles. The topological polar surface area (TPSA) is 93.4 Å². The molecule has 7 nitrogen and oxygen atoms in total. The number of amides is 1. The molecule has 0 saturated carbocycles. The van der Waals surface area contributed by atoms with Gasteiger partial charge in [-0.05, 0) is 45.9 Å². The van der Waals surface area contributed by atoms with Gasteiger partial charge in [-0.2, -0.15) is 0 Å². The summed E-state index contributed by atoms with van der Waals surface area (Å²) in [6.45, 7) is 6.64. The van der Waals surface area contributed by atoms with Crippen LogP contribution in [-0.2, 0) is 10.0 Å². The van der Waals surface area contributed by atoms with Gasteiger partial charge >= 0.3 is 0 Å².